The summed E-state index contributed by atoms with van der Waals surface area (Å²) in [6.07, 6.45) is 3.33. The van der Waals surface area contributed by atoms with Gasteiger partial charge in [-0.05, 0) is 67.6 Å². The van der Waals surface area contributed by atoms with E-state index in [0.29, 0.717) is 29.7 Å². The number of hydrogen-bond acceptors (Lipinski definition) is 5. The molecule has 1 unspecified atom stereocenters. The van der Waals surface area contributed by atoms with Gasteiger partial charge < -0.3 is 9.64 Å². The van der Waals surface area contributed by atoms with Crippen LogP contribution in [-0.4, -0.2) is 59.0 Å². The van der Waals surface area contributed by atoms with Gasteiger partial charge in [0.15, 0.2) is 0 Å². The van der Waals surface area contributed by atoms with Crippen LogP contribution in [0, 0.1) is 5.82 Å². The number of nitrogens with zero attached hydrogens (tertiary/aromatic N) is 2. The maximum Gasteiger partial charge on any atom is 0.241 e. The summed E-state index contributed by atoms with van der Waals surface area (Å²) in [5.41, 5.74) is -0.474. The van der Waals surface area contributed by atoms with Crippen LogP contribution in [0.4, 0.5) is 4.39 Å². The van der Waals surface area contributed by atoms with Gasteiger partial charge in [0.05, 0.1) is 12.5 Å². The molecule has 2 saturated heterocycles. The smallest absolute Gasteiger partial charge is 0.241 e. The minimum Gasteiger partial charge on any atom is -0.497 e. The lowest BCUT2D eigenvalue weighted by Gasteiger charge is -2.35. The molecule has 35 heavy (non-hydrogen) atoms. The predicted molar refractivity (Wildman–Crippen MR) is 131 cm³/mol. The number of ether oxygens (including phenoxy) is 1. The number of rotatable bonds is 7. The molecule has 8 heteroatoms. The fourth-order valence-corrected chi connectivity index (χ4v) is 6.26. The zero-order valence-electron chi connectivity index (χ0n) is 19.7. The van der Waals surface area contributed by atoms with Gasteiger partial charge in [0.1, 0.15) is 11.6 Å². The van der Waals surface area contributed by atoms with E-state index in [-0.39, 0.29) is 42.4 Å². The van der Waals surface area contributed by atoms with Gasteiger partial charge in [0, 0.05) is 42.1 Å². The fraction of sp³-hybridized carbons (Fsp3) is 0.444. The van der Waals surface area contributed by atoms with Crippen molar-refractivity contribution < 1.29 is 23.5 Å². The number of halogens is 1. The highest BCUT2D eigenvalue weighted by Crippen LogP contribution is 2.45. The fourth-order valence-electron chi connectivity index (χ4n) is 5.14. The molecule has 2 aromatic carbocycles. The molecule has 6 nitrogen and oxygen atoms in total. The normalized spacial score (nSPS) is 23.1. The first-order valence-electron chi connectivity index (χ1n) is 12.1. The summed E-state index contributed by atoms with van der Waals surface area (Å²) >= 11 is 1.71. The minimum absolute atomic E-state index is 0.0110. The molecule has 0 bridgehead atoms. The van der Waals surface area contributed by atoms with Gasteiger partial charge in [-0.2, -0.15) is 0 Å². The zero-order chi connectivity index (χ0) is 24.6. The Morgan fingerprint density at radius 3 is 2.29 bits per heavy atom. The number of hydrogen-bond donors (Lipinski definition) is 0. The molecular weight excluding hydrogens is 467 g/mol. The Labute approximate surface area is 208 Å². The van der Waals surface area contributed by atoms with E-state index in [4.69, 9.17) is 4.74 Å². The van der Waals surface area contributed by atoms with Crippen LogP contribution < -0.4 is 4.74 Å². The van der Waals surface area contributed by atoms with Gasteiger partial charge >= 0.3 is 0 Å². The number of piperidine rings is 1. The molecule has 1 atom stereocenters. The van der Waals surface area contributed by atoms with E-state index in [9.17, 15) is 18.8 Å². The van der Waals surface area contributed by atoms with Crippen molar-refractivity contribution in [2.45, 2.75) is 60.1 Å². The standard InChI is InChI=1S/C27H29FN2O4S/c1-34-21-8-2-18(3-9-21)27(17-25(32)30(26(27)33)20-6-7-20)16-24(31)29-14-12-23(13-15-29)35-22-10-4-19(28)5-11-22/h2-5,8-11,20,23H,6-7,12-17H2,1H3. The first kappa shape index (κ1) is 23.9. The first-order valence-corrected chi connectivity index (χ1v) is 13.0. The van der Waals surface area contributed by atoms with Gasteiger partial charge in [-0.1, -0.05) is 12.1 Å². The molecular formula is C27H29FN2O4S. The van der Waals surface area contributed by atoms with Crippen LogP contribution in [-0.2, 0) is 19.8 Å². The average Bonchev–Trinajstić information content (AvgIpc) is 3.67. The second kappa shape index (κ2) is 9.64. The third-order valence-corrected chi connectivity index (χ3v) is 8.62. The Balaban J connectivity index is 1.29. The third kappa shape index (κ3) is 4.81. The molecule has 0 radical (unpaired) electrons. The van der Waals surface area contributed by atoms with Crippen molar-refractivity contribution in [2.24, 2.45) is 0 Å². The second-order valence-electron chi connectivity index (χ2n) is 9.62. The summed E-state index contributed by atoms with van der Waals surface area (Å²) in [4.78, 5) is 44.3. The predicted octanol–water partition coefficient (Wildman–Crippen LogP) is 4.17. The van der Waals surface area contributed by atoms with Gasteiger partial charge in [0.2, 0.25) is 17.7 Å². The van der Waals surface area contributed by atoms with Crippen LogP contribution in [0.3, 0.4) is 0 Å². The van der Waals surface area contributed by atoms with Crippen molar-refractivity contribution in [3.05, 3.63) is 59.9 Å². The van der Waals surface area contributed by atoms with Crippen LogP contribution >= 0.6 is 11.8 Å². The molecule has 1 saturated carbocycles. The summed E-state index contributed by atoms with van der Waals surface area (Å²) in [7, 11) is 1.57. The Morgan fingerprint density at radius 2 is 1.69 bits per heavy atom. The van der Waals surface area contributed by atoms with Crippen LogP contribution in [0.1, 0.15) is 44.1 Å². The van der Waals surface area contributed by atoms with Crippen molar-refractivity contribution in [1.82, 2.24) is 9.80 Å². The van der Waals surface area contributed by atoms with Gasteiger partial charge in [0.25, 0.3) is 0 Å². The monoisotopic (exact) mass is 496 g/mol. The van der Waals surface area contributed by atoms with Crippen LogP contribution in [0.2, 0.25) is 0 Å². The third-order valence-electron chi connectivity index (χ3n) is 7.27. The lowest BCUT2D eigenvalue weighted by molar-refractivity contribution is -0.143. The number of imide groups is 1. The zero-order valence-corrected chi connectivity index (χ0v) is 20.6. The molecule has 3 amide bonds. The molecule has 1 aliphatic carbocycles. The number of likely N-dealkylation sites (tertiary alicyclic amines) is 2. The van der Waals surface area contributed by atoms with E-state index in [2.05, 4.69) is 0 Å². The Bertz CT molecular complexity index is 1110. The lowest BCUT2D eigenvalue weighted by Crippen LogP contribution is -2.46. The van der Waals surface area contributed by atoms with E-state index in [1.54, 1.807) is 55.3 Å². The number of carbonyl (C=O) groups excluding carboxylic acids is 3. The maximum atomic E-state index is 13.6. The van der Waals surface area contributed by atoms with Crippen LogP contribution in [0.5, 0.6) is 5.75 Å². The van der Waals surface area contributed by atoms with E-state index in [1.807, 2.05) is 4.90 Å². The number of benzene rings is 2. The molecule has 5 rings (SSSR count). The highest BCUT2D eigenvalue weighted by atomic mass is 32.2. The van der Waals surface area contributed by atoms with Gasteiger partial charge in [-0.25, -0.2) is 4.39 Å². The SMILES string of the molecule is COc1ccc(C2(CC(=O)N3CCC(Sc4ccc(F)cc4)CC3)CC(=O)N(C3CC3)C2=O)cc1. The second-order valence-corrected chi connectivity index (χ2v) is 11.0. The topological polar surface area (TPSA) is 66.9 Å². The summed E-state index contributed by atoms with van der Waals surface area (Å²) < 4.78 is 18.4. The number of methoxy groups -OCH3 is 1. The summed E-state index contributed by atoms with van der Waals surface area (Å²) in [6.45, 7) is 1.20. The van der Waals surface area contributed by atoms with Crippen LogP contribution in [0.15, 0.2) is 53.4 Å². The van der Waals surface area contributed by atoms with Crippen LogP contribution in [0.25, 0.3) is 0 Å². The van der Waals surface area contributed by atoms with E-state index < -0.39 is 5.41 Å². The highest BCUT2D eigenvalue weighted by Gasteiger charge is 2.57. The Morgan fingerprint density at radius 1 is 1.03 bits per heavy atom. The molecule has 0 spiro atoms. The number of thioether (sulfide) groups is 1. The first-order chi connectivity index (χ1) is 16.9. The largest absolute Gasteiger partial charge is 0.497 e. The number of amides is 3. The summed E-state index contributed by atoms with van der Waals surface area (Å²) in [5.74, 6) is -0.113. The molecule has 0 N–H and O–H groups in total. The number of carbonyl (C=O) groups is 3. The molecule has 2 heterocycles. The summed E-state index contributed by atoms with van der Waals surface area (Å²) in [5, 5.41) is 0.347. The average molecular weight is 497 g/mol. The molecule has 3 fully saturated rings. The molecule has 184 valence electrons. The van der Waals surface area contributed by atoms with E-state index in [0.717, 1.165) is 30.6 Å². The minimum atomic E-state index is -1.16. The highest BCUT2D eigenvalue weighted by molar-refractivity contribution is 8.00. The maximum absolute atomic E-state index is 13.6. The lowest BCUT2D eigenvalue weighted by atomic mass is 9.75. The van der Waals surface area contributed by atoms with Crippen molar-refractivity contribution in [3.63, 3.8) is 0 Å². The van der Waals surface area contributed by atoms with Gasteiger partial charge in [-0.3, -0.25) is 19.3 Å². The van der Waals surface area contributed by atoms with E-state index in [1.165, 1.54) is 17.0 Å². The Hall–Kier alpha value is -2.87. The van der Waals surface area contributed by atoms with Gasteiger partial charge in [-0.15, -0.1) is 11.8 Å². The quantitative estimate of drug-likeness (QED) is 0.539. The molecule has 2 aromatic rings. The van der Waals surface area contributed by atoms with E-state index >= 15 is 0 Å². The Kier molecular flexibility index (Phi) is 6.57. The van der Waals surface area contributed by atoms with Crippen molar-refractivity contribution in [2.75, 3.05) is 20.2 Å². The van der Waals surface area contributed by atoms with Crippen molar-refractivity contribution in [3.8, 4) is 5.75 Å². The van der Waals surface area contributed by atoms with Crippen molar-refractivity contribution >= 4 is 29.5 Å². The summed E-state index contributed by atoms with van der Waals surface area (Å²) in [6, 6.07) is 13.6. The van der Waals surface area contributed by atoms with Crippen molar-refractivity contribution in [1.29, 1.82) is 0 Å². The molecule has 2 aliphatic heterocycles. The molecule has 3 aliphatic rings. The molecule has 0 aromatic heterocycles.